The zero-order valence-corrected chi connectivity index (χ0v) is 18.2. The molecule has 1 saturated carbocycles. The molecule has 4 atom stereocenters. The van der Waals surface area contributed by atoms with Crippen LogP contribution < -0.4 is 0 Å². The second-order valence-corrected chi connectivity index (χ2v) is 9.72. The molecular weight excluding hydrogens is 348 g/mol. The lowest BCUT2D eigenvalue weighted by atomic mass is 9.52. The van der Waals surface area contributed by atoms with Gasteiger partial charge in [0.05, 0.1) is 17.6 Å². The Hall–Kier alpha value is -1.35. The van der Waals surface area contributed by atoms with Gasteiger partial charge in [-0.15, -0.1) is 0 Å². The second kappa shape index (κ2) is 8.57. The molecule has 1 saturated heterocycles. The fourth-order valence-corrected chi connectivity index (χ4v) is 5.77. The average molecular weight is 387 g/mol. The van der Waals surface area contributed by atoms with E-state index >= 15 is 0 Å². The van der Waals surface area contributed by atoms with Crippen LogP contribution in [0.5, 0.6) is 0 Å². The largest absolute Gasteiger partial charge is 0.481 e. The molecule has 28 heavy (non-hydrogen) atoms. The molecule has 0 aromatic carbocycles. The van der Waals surface area contributed by atoms with Gasteiger partial charge in [0.15, 0.2) is 0 Å². The van der Waals surface area contributed by atoms with E-state index in [9.17, 15) is 9.90 Å². The summed E-state index contributed by atoms with van der Waals surface area (Å²) in [5, 5.41) is 10.6. The number of carbonyl (C=O) groups is 1. The van der Waals surface area contributed by atoms with Crippen molar-refractivity contribution in [3.05, 3.63) is 34.9 Å². The van der Waals surface area contributed by atoms with Crippen molar-refractivity contribution in [2.45, 2.75) is 91.1 Å². The van der Waals surface area contributed by atoms with Gasteiger partial charge >= 0.3 is 5.97 Å². The molecule has 0 unspecified atom stereocenters. The summed E-state index contributed by atoms with van der Waals surface area (Å²) in [6, 6.07) is 0. The first kappa shape index (κ1) is 21.4. The Morgan fingerprint density at radius 1 is 1.21 bits per heavy atom. The average Bonchev–Trinajstić information content (AvgIpc) is 3.39. The van der Waals surface area contributed by atoms with Crippen LogP contribution in [0.25, 0.3) is 0 Å². The van der Waals surface area contributed by atoms with Crippen LogP contribution in [0.2, 0.25) is 0 Å². The molecule has 1 heterocycles. The van der Waals surface area contributed by atoms with E-state index in [-0.39, 0.29) is 17.4 Å². The number of hydrogen-bond donors (Lipinski definition) is 1. The molecule has 0 amide bonds. The summed E-state index contributed by atoms with van der Waals surface area (Å²) >= 11 is 0. The fourth-order valence-electron chi connectivity index (χ4n) is 5.77. The molecule has 2 fully saturated rings. The fraction of sp³-hybridized carbons (Fsp3) is 0.720. The summed E-state index contributed by atoms with van der Waals surface area (Å²) in [6.45, 7) is 9.35. The van der Waals surface area contributed by atoms with Gasteiger partial charge in [-0.25, -0.2) is 0 Å². The minimum atomic E-state index is -0.684. The van der Waals surface area contributed by atoms with Crippen molar-refractivity contribution >= 4 is 5.97 Å². The maximum absolute atomic E-state index is 12.9. The van der Waals surface area contributed by atoms with Gasteiger partial charge in [0.1, 0.15) is 0 Å². The SMILES string of the molecule is CC(C)=CCC[C@]1(C(=O)O)[C@H]2CC=C(C)CCC=C(C)CC[C@H]1[C@@]1(CC2)CO1. The Labute approximate surface area is 170 Å². The highest BCUT2D eigenvalue weighted by atomic mass is 16.6. The molecule has 2 aliphatic carbocycles. The molecule has 3 rings (SSSR count). The number of carboxylic acids is 1. The summed E-state index contributed by atoms with van der Waals surface area (Å²) in [7, 11) is 0. The first-order valence-electron chi connectivity index (χ1n) is 11.1. The van der Waals surface area contributed by atoms with E-state index in [1.807, 2.05) is 0 Å². The van der Waals surface area contributed by atoms with E-state index in [0.717, 1.165) is 64.4 Å². The first-order valence-corrected chi connectivity index (χ1v) is 11.1. The van der Waals surface area contributed by atoms with Crippen molar-refractivity contribution < 1.29 is 14.6 Å². The van der Waals surface area contributed by atoms with Crippen LogP contribution in [0.15, 0.2) is 34.9 Å². The summed E-state index contributed by atoms with van der Waals surface area (Å²) in [4.78, 5) is 12.9. The normalized spacial score (nSPS) is 35.9. The minimum Gasteiger partial charge on any atom is -0.481 e. The van der Waals surface area contributed by atoms with Gasteiger partial charge in [-0.05, 0) is 91.4 Å². The Morgan fingerprint density at radius 3 is 2.57 bits per heavy atom. The number of allylic oxidation sites excluding steroid dienone is 6. The Morgan fingerprint density at radius 2 is 1.93 bits per heavy atom. The van der Waals surface area contributed by atoms with E-state index < -0.39 is 11.4 Å². The highest BCUT2D eigenvalue weighted by Gasteiger charge is 2.66. The van der Waals surface area contributed by atoms with Crippen LogP contribution in [-0.2, 0) is 9.53 Å². The Kier molecular flexibility index (Phi) is 6.54. The number of ether oxygens (including phenoxy) is 1. The highest BCUT2D eigenvalue weighted by molar-refractivity contribution is 5.76. The number of epoxide rings is 1. The minimum absolute atomic E-state index is 0.110. The third-order valence-corrected chi connectivity index (χ3v) is 7.53. The first-order chi connectivity index (χ1) is 13.3. The van der Waals surface area contributed by atoms with E-state index in [2.05, 4.69) is 45.9 Å². The molecule has 0 aromatic rings. The summed E-state index contributed by atoms with van der Waals surface area (Å²) in [5.41, 5.74) is 3.20. The summed E-state index contributed by atoms with van der Waals surface area (Å²) in [5.74, 6) is -0.281. The lowest BCUT2D eigenvalue weighted by Gasteiger charge is -2.50. The predicted octanol–water partition coefficient (Wildman–Crippen LogP) is 6.46. The molecule has 3 heteroatoms. The number of hydrogen-bond acceptors (Lipinski definition) is 2. The molecular formula is C25H38O3. The van der Waals surface area contributed by atoms with E-state index in [1.54, 1.807) is 0 Å². The zero-order chi connectivity index (χ0) is 20.4. The maximum atomic E-state index is 12.9. The summed E-state index contributed by atoms with van der Waals surface area (Å²) in [6.07, 6.45) is 15.4. The lowest BCUT2D eigenvalue weighted by molar-refractivity contribution is -0.167. The van der Waals surface area contributed by atoms with Crippen molar-refractivity contribution in [3.8, 4) is 0 Å². The number of carboxylic acid groups (broad SMARTS) is 1. The van der Waals surface area contributed by atoms with Crippen molar-refractivity contribution in [2.75, 3.05) is 6.61 Å². The smallest absolute Gasteiger partial charge is 0.310 e. The molecule has 3 aliphatic rings. The lowest BCUT2D eigenvalue weighted by Crippen LogP contribution is -2.54. The van der Waals surface area contributed by atoms with Gasteiger partial charge in [-0.3, -0.25) is 4.79 Å². The van der Waals surface area contributed by atoms with Gasteiger partial charge in [0.25, 0.3) is 0 Å². The topological polar surface area (TPSA) is 49.8 Å². The van der Waals surface area contributed by atoms with Crippen LogP contribution in [0.4, 0.5) is 0 Å². The van der Waals surface area contributed by atoms with Crippen molar-refractivity contribution in [1.29, 1.82) is 0 Å². The molecule has 0 radical (unpaired) electrons. The quantitative estimate of drug-likeness (QED) is 0.446. The van der Waals surface area contributed by atoms with Gasteiger partial charge in [-0.2, -0.15) is 0 Å². The van der Waals surface area contributed by atoms with E-state index in [1.165, 1.54) is 16.7 Å². The third-order valence-electron chi connectivity index (χ3n) is 7.53. The van der Waals surface area contributed by atoms with Crippen molar-refractivity contribution in [3.63, 3.8) is 0 Å². The van der Waals surface area contributed by atoms with Crippen LogP contribution in [-0.4, -0.2) is 23.3 Å². The standard InChI is InChI=1S/C25H38O3/c1-18(2)7-6-15-25(23(26)27)21-12-10-19(3)8-5-9-20(4)11-13-22(25)24(16-14-21)17-28-24/h7,9-10,21-22H,5-6,8,11-17H2,1-4H3,(H,26,27)/t21-,22-,24+,25-/m0/s1. The van der Waals surface area contributed by atoms with Crippen LogP contribution in [0.1, 0.15) is 85.5 Å². The van der Waals surface area contributed by atoms with Gasteiger partial charge in [0.2, 0.25) is 0 Å². The monoisotopic (exact) mass is 386 g/mol. The molecule has 1 N–H and O–H groups in total. The number of fused-ring (bicyclic) bond motifs is 3. The molecule has 1 spiro atoms. The molecule has 0 aromatic heterocycles. The molecule has 1 aliphatic heterocycles. The predicted molar refractivity (Wildman–Crippen MR) is 114 cm³/mol. The number of aliphatic carboxylic acids is 1. The van der Waals surface area contributed by atoms with E-state index in [4.69, 9.17) is 4.74 Å². The molecule has 2 bridgehead atoms. The van der Waals surface area contributed by atoms with Crippen molar-refractivity contribution in [2.24, 2.45) is 17.3 Å². The van der Waals surface area contributed by atoms with Crippen molar-refractivity contribution in [1.82, 2.24) is 0 Å². The maximum Gasteiger partial charge on any atom is 0.310 e. The molecule has 3 nitrogen and oxygen atoms in total. The van der Waals surface area contributed by atoms with E-state index in [0.29, 0.717) is 0 Å². The Balaban J connectivity index is 2.02. The number of rotatable bonds is 4. The zero-order valence-electron chi connectivity index (χ0n) is 18.2. The highest BCUT2D eigenvalue weighted by Crippen LogP contribution is 2.61. The second-order valence-electron chi connectivity index (χ2n) is 9.72. The van der Waals surface area contributed by atoms with Gasteiger partial charge in [-0.1, -0.05) is 34.9 Å². The van der Waals surface area contributed by atoms with Crippen LogP contribution in [0.3, 0.4) is 0 Å². The van der Waals surface area contributed by atoms with Crippen LogP contribution in [0, 0.1) is 17.3 Å². The van der Waals surface area contributed by atoms with Crippen LogP contribution >= 0.6 is 0 Å². The molecule has 156 valence electrons. The van der Waals surface area contributed by atoms with Gasteiger partial charge in [0, 0.05) is 5.92 Å². The Bertz CT molecular complexity index is 676. The summed E-state index contributed by atoms with van der Waals surface area (Å²) < 4.78 is 6.02. The third kappa shape index (κ3) is 4.30. The van der Waals surface area contributed by atoms with Gasteiger partial charge < -0.3 is 9.84 Å².